The zero-order chi connectivity index (χ0) is 13.7. The van der Waals surface area contributed by atoms with Gasteiger partial charge in [0.2, 0.25) is 0 Å². The predicted octanol–water partition coefficient (Wildman–Crippen LogP) is 1.87. The van der Waals surface area contributed by atoms with Crippen LogP contribution in [0.2, 0.25) is 0 Å². The smallest absolute Gasteiger partial charge is 0.413 e. The fourth-order valence-electron chi connectivity index (χ4n) is 3.14. The van der Waals surface area contributed by atoms with Crippen LogP contribution in [0.15, 0.2) is 39.7 Å². The van der Waals surface area contributed by atoms with E-state index in [4.69, 9.17) is 4.42 Å². The molecule has 1 N–H and O–H groups in total. The van der Waals surface area contributed by atoms with Crippen LogP contribution in [-0.4, -0.2) is 21.8 Å². The van der Waals surface area contributed by atoms with Gasteiger partial charge in [-0.2, -0.15) is 0 Å². The van der Waals surface area contributed by atoms with E-state index in [1.807, 2.05) is 29.2 Å². The molecule has 5 nitrogen and oxygen atoms in total. The van der Waals surface area contributed by atoms with Crippen molar-refractivity contribution in [3.63, 3.8) is 0 Å². The molecular formula is C15H14N2O3. The van der Waals surface area contributed by atoms with Crippen molar-refractivity contribution in [1.29, 1.82) is 0 Å². The fraction of sp³-hybridized carbons (Fsp3) is 0.333. The summed E-state index contributed by atoms with van der Waals surface area (Å²) in [6.07, 6.45) is 3.35. The maximum atomic E-state index is 12.3. The third-order valence-electron chi connectivity index (χ3n) is 4.35. The number of oxazole rings is 1. The maximum Gasteiger partial charge on any atom is 0.416 e. The molecule has 1 aromatic heterocycles. The number of aromatic nitrogens is 1. The van der Waals surface area contributed by atoms with Crippen molar-refractivity contribution < 1.29 is 9.21 Å². The standard InChI is InChI=1S/C15H14N2O3/c18-14-12-4-2-1-3-9(12)8-17(14)11-5-10(6-11)13-7-16-15(19)20-13/h1-4,7,10-11H,5-6,8H2,(H,16,19). The zero-order valence-corrected chi connectivity index (χ0v) is 10.8. The van der Waals surface area contributed by atoms with E-state index in [-0.39, 0.29) is 17.9 Å². The molecule has 0 bridgehead atoms. The summed E-state index contributed by atoms with van der Waals surface area (Å²) < 4.78 is 5.07. The summed E-state index contributed by atoms with van der Waals surface area (Å²) in [6, 6.07) is 8.01. The van der Waals surface area contributed by atoms with Crippen molar-refractivity contribution in [2.45, 2.75) is 31.3 Å². The molecule has 1 fully saturated rings. The molecule has 5 heteroatoms. The highest BCUT2D eigenvalue weighted by Crippen LogP contribution is 2.41. The van der Waals surface area contributed by atoms with Gasteiger partial charge in [0.05, 0.1) is 0 Å². The van der Waals surface area contributed by atoms with Crippen molar-refractivity contribution in [3.05, 3.63) is 57.9 Å². The van der Waals surface area contributed by atoms with Crippen molar-refractivity contribution in [1.82, 2.24) is 9.88 Å². The van der Waals surface area contributed by atoms with Crippen LogP contribution in [0.4, 0.5) is 0 Å². The number of rotatable bonds is 2. The number of carbonyl (C=O) groups excluding carboxylic acids is 1. The van der Waals surface area contributed by atoms with Crippen LogP contribution in [0.1, 0.15) is 40.4 Å². The SMILES string of the molecule is O=C1c2ccccc2CN1C1CC(c2c[nH]c(=O)o2)C1. The molecule has 0 atom stereocenters. The van der Waals surface area contributed by atoms with Gasteiger partial charge in [-0.05, 0) is 24.5 Å². The first-order chi connectivity index (χ1) is 9.72. The summed E-state index contributed by atoms with van der Waals surface area (Å²) in [5.41, 5.74) is 1.93. The van der Waals surface area contributed by atoms with Gasteiger partial charge in [0.1, 0.15) is 5.76 Å². The Kier molecular flexibility index (Phi) is 2.36. The third-order valence-corrected chi connectivity index (χ3v) is 4.35. The second-order valence-electron chi connectivity index (χ2n) is 5.49. The van der Waals surface area contributed by atoms with E-state index in [9.17, 15) is 9.59 Å². The number of nitrogens with one attached hydrogen (secondary N) is 1. The number of benzene rings is 1. The summed E-state index contributed by atoms with van der Waals surface area (Å²) in [6.45, 7) is 0.698. The molecule has 1 amide bonds. The Morgan fingerprint density at radius 1 is 1.20 bits per heavy atom. The van der Waals surface area contributed by atoms with E-state index in [0.29, 0.717) is 12.3 Å². The number of aromatic amines is 1. The van der Waals surface area contributed by atoms with Crippen LogP contribution < -0.4 is 5.76 Å². The Morgan fingerprint density at radius 2 is 2.00 bits per heavy atom. The number of carbonyl (C=O) groups is 1. The number of hydrogen-bond acceptors (Lipinski definition) is 3. The second-order valence-corrected chi connectivity index (χ2v) is 5.49. The highest BCUT2D eigenvalue weighted by molar-refractivity contribution is 5.98. The molecule has 2 heterocycles. The van der Waals surface area contributed by atoms with Crippen LogP contribution >= 0.6 is 0 Å². The number of fused-ring (bicyclic) bond motifs is 1. The topological polar surface area (TPSA) is 66.3 Å². The van der Waals surface area contributed by atoms with Crippen molar-refractivity contribution in [2.75, 3.05) is 0 Å². The van der Waals surface area contributed by atoms with Gasteiger partial charge in [0, 0.05) is 30.3 Å². The second kappa shape index (κ2) is 4.10. The van der Waals surface area contributed by atoms with Gasteiger partial charge in [-0.15, -0.1) is 0 Å². The van der Waals surface area contributed by atoms with Gasteiger partial charge in [-0.3, -0.25) is 9.78 Å². The number of hydrogen-bond donors (Lipinski definition) is 1. The highest BCUT2D eigenvalue weighted by atomic mass is 16.4. The van der Waals surface area contributed by atoms with Crippen molar-refractivity contribution in [2.24, 2.45) is 0 Å². The Hall–Kier alpha value is -2.30. The summed E-state index contributed by atoms with van der Waals surface area (Å²) in [5.74, 6) is 0.665. The molecule has 102 valence electrons. The molecule has 0 unspecified atom stereocenters. The summed E-state index contributed by atoms with van der Waals surface area (Å²) >= 11 is 0. The minimum atomic E-state index is -0.409. The van der Waals surface area contributed by atoms with Gasteiger partial charge in [-0.1, -0.05) is 18.2 Å². The van der Waals surface area contributed by atoms with Crippen LogP contribution in [0.3, 0.4) is 0 Å². The molecule has 0 radical (unpaired) electrons. The summed E-state index contributed by atoms with van der Waals surface area (Å²) in [5, 5.41) is 0. The van der Waals surface area contributed by atoms with Gasteiger partial charge >= 0.3 is 5.76 Å². The first-order valence-corrected chi connectivity index (χ1v) is 6.79. The minimum Gasteiger partial charge on any atom is -0.413 e. The van der Waals surface area contributed by atoms with Crippen LogP contribution in [0.5, 0.6) is 0 Å². The van der Waals surface area contributed by atoms with Crippen LogP contribution in [0.25, 0.3) is 0 Å². The first-order valence-electron chi connectivity index (χ1n) is 6.79. The van der Waals surface area contributed by atoms with E-state index in [1.54, 1.807) is 6.20 Å². The van der Waals surface area contributed by atoms with E-state index in [0.717, 1.165) is 24.0 Å². The van der Waals surface area contributed by atoms with E-state index in [1.165, 1.54) is 0 Å². The Bertz CT molecular complexity index is 724. The van der Waals surface area contributed by atoms with Gasteiger partial charge in [0.25, 0.3) is 5.91 Å². The summed E-state index contributed by atoms with van der Waals surface area (Å²) in [7, 11) is 0. The zero-order valence-electron chi connectivity index (χ0n) is 10.8. The molecule has 1 aliphatic heterocycles. The maximum absolute atomic E-state index is 12.3. The molecule has 0 saturated heterocycles. The highest BCUT2D eigenvalue weighted by Gasteiger charge is 2.41. The molecular weight excluding hydrogens is 256 g/mol. The summed E-state index contributed by atoms with van der Waals surface area (Å²) in [4.78, 5) is 27.8. The Morgan fingerprint density at radius 3 is 2.70 bits per heavy atom. The molecule has 2 aromatic rings. The van der Waals surface area contributed by atoms with Crippen LogP contribution in [-0.2, 0) is 6.54 Å². The number of H-pyrrole nitrogens is 1. The number of amides is 1. The largest absolute Gasteiger partial charge is 0.416 e. The van der Waals surface area contributed by atoms with Gasteiger partial charge in [0.15, 0.2) is 0 Å². The molecule has 0 spiro atoms. The van der Waals surface area contributed by atoms with Crippen molar-refractivity contribution >= 4 is 5.91 Å². The molecule has 1 aromatic carbocycles. The normalized spacial score (nSPS) is 24.6. The van der Waals surface area contributed by atoms with Gasteiger partial charge < -0.3 is 9.32 Å². The molecule has 2 aliphatic rings. The molecule has 1 saturated carbocycles. The van der Waals surface area contributed by atoms with E-state index in [2.05, 4.69) is 4.98 Å². The van der Waals surface area contributed by atoms with Gasteiger partial charge in [-0.25, -0.2) is 4.79 Å². The first kappa shape index (κ1) is 11.5. The Balaban J connectivity index is 1.48. The monoisotopic (exact) mass is 270 g/mol. The molecule has 1 aliphatic carbocycles. The lowest BCUT2D eigenvalue weighted by Crippen LogP contribution is -2.43. The van der Waals surface area contributed by atoms with Crippen LogP contribution in [0, 0.1) is 0 Å². The molecule has 20 heavy (non-hydrogen) atoms. The van der Waals surface area contributed by atoms with Crippen molar-refractivity contribution in [3.8, 4) is 0 Å². The fourth-order valence-corrected chi connectivity index (χ4v) is 3.14. The van der Waals surface area contributed by atoms with E-state index < -0.39 is 5.76 Å². The lowest BCUT2D eigenvalue weighted by molar-refractivity contribution is 0.0550. The molecule has 4 rings (SSSR count). The average Bonchev–Trinajstić information content (AvgIpc) is 2.94. The van der Waals surface area contributed by atoms with E-state index >= 15 is 0 Å². The minimum absolute atomic E-state index is 0.125. The predicted molar refractivity (Wildman–Crippen MR) is 71.4 cm³/mol. The average molecular weight is 270 g/mol. The lowest BCUT2D eigenvalue weighted by atomic mass is 9.78. The number of nitrogens with zero attached hydrogens (tertiary/aromatic N) is 1. The third kappa shape index (κ3) is 1.62. The Labute approximate surface area is 115 Å². The quantitative estimate of drug-likeness (QED) is 0.906. The lowest BCUT2D eigenvalue weighted by Gasteiger charge is -2.40.